The third kappa shape index (κ3) is 1.78. The lowest BCUT2D eigenvalue weighted by Crippen LogP contribution is -2.52. The van der Waals surface area contributed by atoms with Crippen molar-refractivity contribution in [2.75, 3.05) is 39.9 Å². The fourth-order valence-corrected chi connectivity index (χ4v) is 3.83. The van der Waals surface area contributed by atoms with Gasteiger partial charge in [0.25, 0.3) is 0 Å². The summed E-state index contributed by atoms with van der Waals surface area (Å²) < 4.78 is 5.41. The SMILES string of the molecule is COC[C@@]12CCC[C@@H]1CN(C(=O)C1CNC1)C2. The first-order valence-electron chi connectivity index (χ1n) is 6.74. The van der Waals surface area contributed by atoms with E-state index in [0.717, 1.165) is 32.8 Å². The van der Waals surface area contributed by atoms with E-state index in [9.17, 15) is 4.79 Å². The van der Waals surface area contributed by atoms with Crippen molar-refractivity contribution in [1.29, 1.82) is 0 Å². The van der Waals surface area contributed by atoms with Crippen LogP contribution in [0.3, 0.4) is 0 Å². The van der Waals surface area contributed by atoms with Gasteiger partial charge in [0.15, 0.2) is 0 Å². The number of carbonyl (C=O) groups is 1. The molecule has 0 aromatic heterocycles. The van der Waals surface area contributed by atoms with Gasteiger partial charge in [-0.2, -0.15) is 0 Å². The summed E-state index contributed by atoms with van der Waals surface area (Å²) in [6.45, 7) is 4.47. The fraction of sp³-hybridized carbons (Fsp3) is 0.923. The Labute approximate surface area is 103 Å². The second kappa shape index (κ2) is 4.25. The summed E-state index contributed by atoms with van der Waals surface area (Å²) in [5.74, 6) is 1.29. The molecule has 0 aromatic rings. The Morgan fingerprint density at radius 1 is 1.53 bits per heavy atom. The van der Waals surface area contributed by atoms with E-state index in [2.05, 4.69) is 10.2 Å². The van der Waals surface area contributed by atoms with Crippen molar-refractivity contribution in [2.24, 2.45) is 17.3 Å². The molecule has 2 aliphatic heterocycles. The van der Waals surface area contributed by atoms with Crippen molar-refractivity contribution in [3.63, 3.8) is 0 Å². The highest BCUT2D eigenvalue weighted by Crippen LogP contribution is 2.49. The minimum absolute atomic E-state index is 0.244. The van der Waals surface area contributed by atoms with Gasteiger partial charge < -0.3 is 15.0 Å². The van der Waals surface area contributed by atoms with Crippen LogP contribution in [0.4, 0.5) is 0 Å². The first-order valence-corrected chi connectivity index (χ1v) is 6.74. The number of rotatable bonds is 3. The van der Waals surface area contributed by atoms with Crippen molar-refractivity contribution in [3.05, 3.63) is 0 Å². The Balaban J connectivity index is 1.68. The van der Waals surface area contributed by atoms with Gasteiger partial charge in [0.2, 0.25) is 5.91 Å². The van der Waals surface area contributed by atoms with Crippen LogP contribution in [0, 0.1) is 17.3 Å². The van der Waals surface area contributed by atoms with Crippen molar-refractivity contribution in [1.82, 2.24) is 10.2 Å². The lowest BCUT2D eigenvalue weighted by molar-refractivity contribution is -0.136. The summed E-state index contributed by atoms with van der Waals surface area (Å²) >= 11 is 0. The molecule has 1 aliphatic carbocycles. The van der Waals surface area contributed by atoms with Crippen LogP contribution in [0.1, 0.15) is 19.3 Å². The average molecular weight is 238 g/mol. The predicted molar refractivity (Wildman–Crippen MR) is 64.6 cm³/mol. The largest absolute Gasteiger partial charge is 0.384 e. The fourth-order valence-electron chi connectivity index (χ4n) is 3.83. The molecule has 3 fully saturated rings. The summed E-state index contributed by atoms with van der Waals surface area (Å²) in [6, 6.07) is 0. The highest BCUT2D eigenvalue weighted by Gasteiger charge is 2.51. The summed E-state index contributed by atoms with van der Waals surface area (Å²) in [7, 11) is 1.78. The topological polar surface area (TPSA) is 41.6 Å². The Morgan fingerprint density at radius 3 is 3.00 bits per heavy atom. The van der Waals surface area contributed by atoms with Crippen LogP contribution in [0.15, 0.2) is 0 Å². The number of hydrogen-bond donors (Lipinski definition) is 1. The second-order valence-corrected chi connectivity index (χ2v) is 5.96. The maximum absolute atomic E-state index is 12.3. The summed E-state index contributed by atoms with van der Waals surface area (Å²) in [5, 5.41) is 3.18. The van der Waals surface area contributed by atoms with Crippen LogP contribution >= 0.6 is 0 Å². The second-order valence-electron chi connectivity index (χ2n) is 5.96. The molecule has 3 rings (SSSR count). The molecule has 4 nitrogen and oxygen atoms in total. The van der Waals surface area contributed by atoms with Gasteiger partial charge in [0, 0.05) is 38.7 Å². The van der Waals surface area contributed by atoms with Gasteiger partial charge in [-0.1, -0.05) is 6.42 Å². The van der Waals surface area contributed by atoms with Gasteiger partial charge >= 0.3 is 0 Å². The zero-order valence-corrected chi connectivity index (χ0v) is 10.6. The lowest BCUT2D eigenvalue weighted by atomic mass is 9.82. The molecule has 0 aromatic carbocycles. The molecule has 2 saturated heterocycles. The molecule has 4 heteroatoms. The molecule has 0 radical (unpaired) electrons. The van der Waals surface area contributed by atoms with E-state index in [1.165, 1.54) is 19.3 Å². The smallest absolute Gasteiger partial charge is 0.228 e. The Kier molecular flexibility index (Phi) is 2.87. The lowest BCUT2D eigenvalue weighted by Gasteiger charge is -2.32. The normalized spacial score (nSPS) is 37.0. The van der Waals surface area contributed by atoms with E-state index in [1.807, 2.05) is 0 Å². The number of amides is 1. The van der Waals surface area contributed by atoms with Gasteiger partial charge in [-0.05, 0) is 18.8 Å². The Hall–Kier alpha value is -0.610. The number of nitrogens with zero attached hydrogens (tertiary/aromatic N) is 1. The first-order chi connectivity index (χ1) is 8.25. The zero-order chi connectivity index (χ0) is 11.9. The first kappa shape index (κ1) is 11.5. The van der Waals surface area contributed by atoms with E-state index in [-0.39, 0.29) is 11.3 Å². The zero-order valence-electron chi connectivity index (χ0n) is 10.6. The van der Waals surface area contributed by atoms with E-state index < -0.39 is 0 Å². The third-order valence-electron chi connectivity index (χ3n) is 4.91. The maximum atomic E-state index is 12.3. The van der Waals surface area contributed by atoms with Crippen LogP contribution in [0.2, 0.25) is 0 Å². The molecule has 2 atom stereocenters. The molecule has 0 spiro atoms. The van der Waals surface area contributed by atoms with Crippen LogP contribution in [-0.2, 0) is 9.53 Å². The van der Waals surface area contributed by atoms with Crippen molar-refractivity contribution in [3.8, 4) is 0 Å². The van der Waals surface area contributed by atoms with Gasteiger partial charge in [0.1, 0.15) is 0 Å². The van der Waals surface area contributed by atoms with Gasteiger partial charge in [-0.3, -0.25) is 4.79 Å². The summed E-state index contributed by atoms with van der Waals surface area (Å²) in [5.41, 5.74) is 0.279. The monoisotopic (exact) mass is 238 g/mol. The summed E-state index contributed by atoms with van der Waals surface area (Å²) in [6.07, 6.45) is 3.81. The van der Waals surface area contributed by atoms with Crippen LogP contribution in [-0.4, -0.2) is 50.7 Å². The van der Waals surface area contributed by atoms with Crippen molar-refractivity contribution >= 4 is 5.91 Å². The molecule has 2 heterocycles. The molecule has 1 saturated carbocycles. The third-order valence-corrected chi connectivity index (χ3v) is 4.91. The van der Waals surface area contributed by atoms with Crippen LogP contribution in [0.25, 0.3) is 0 Å². The molecular weight excluding hydrogens is 216 g/mol. The number of likely N-dealkylation sites (tertiary alicyclic amines) is 1. The number of methoxy groups -OCH3 is 1. The van der Waals surface area contributed by atoms with Crippen LogP contribution < -0.4 is 5.32 Å². The van der Waals surface area contributed by atoms with E-state index in [1.54, 1.807) is 7.11 Å². The standard InChI is InChI=1S/C13H22N2O2/c1-17-9-13-4-2-3-11(13)7-15(8-13)12(16)10-5-14-6-10/h10-11,14H,2-9H2,1H3/t11-,13+/m1/s1. The number of nitrogens with one attached hydrogen (secondary N) is 1. The highest BCUT2D eigenvalue weighted by molar-refractivity contribution is 5.80. The average Bonchev–Trinajstić information content (AvgIpc) is 2.71. The van der Waals surface area contributed by atoms with E-state index in [0.29, 0.717) is 11.8 Å². The van der Waals surface area contributed by atoms with Gasteiger partial charge in [0.05, 0.1) is 12.5 Å². The number of ether oxygens (including phenoxy) is 1. The number of fused-ring (bicyclic) bond motifs is 1. The number of carbonyl (C=O) groups excluding carboxylic acids is 1. The summed E-state index contributed by atoms with van der Waals surface area (Å²) in [4.78, 5) is 14.4. The van der Waals surface area contributed by atoms with Crippen LogP contribution in [0.5, 0.6) is 0 Å². The molecule has 96 valence electrons. The van der Waals surface area contributed by atoms with Gasteiger partial charge in [-0.15, -0.1) is 0 Å². The minimum Gasteiger partial charge on any atom is -0.384 e. The van der Waals surface area contributed by atoms with E-state index >= 15 is 0 Å². The van der Waals surface area contributed by atoms with Crippen molar-refractivity contribution in [2.45, 2.75) is 19.3 Å². The molecule has 1 N–H and O–H groups in total. The van der Waals surface area contributed by atoms with E-state index in [4.69, 9.17) is 4.74 Å². The molecule has 1 amide bonds. The molecule has 17 heavy (non-hydrogen) atoms. The minimum atomic E-state index is 0.244. The Morgan fingerprint density at radius 2 is 2.35 bits per heavy atom. The molecule has 3 aliphatic rings. The van der Waals surface area contributed by atoms with Gasteiger partial charge in [-0.25, -0.2) is 0 Å². The molecule has 0 bridgehead atoms. The quantitative estimate of drug-likeness (QED) is 0.777. The Bertz CT molecular complexity index is 317. The molecular formula is C13H22N2O2. The highest BCUT2D eigenvalue weighted by atomic mass is 16.5. The predicted octanol–water partition coefficient (Wildman–Crippen LogP) is 0.481. The number of hydrogen-bond acceptors (Lipinski definition) is 3. The molecule has 0 unspecified atom stereocenters. The maximum Gasteiger partial charge on any atom is 0.228 e. The van der Waals surface area contributed by atoms with Crippen molar-refractivity contribution < 1.29 is 9.53 Å².